The van der Waals surface area contributed by atoms with Crippen molar-refractivity contribution in [3.8, 4) is 11.5 Å². The molecule has 6 heteroatoms. The molecule has 2 aromatic carbocycles. The largest absolute Gasteiger partial charge is 0.427 e. The summed E-state index contributed by atoms with van der Waals surface area (Å²) in [5.74, 6) is -0.459. The first-order valence-electron chi connectivity index (χ1n) is 7.44. The van der Waals surface area contributed by atoms with Crippen LogP contribution in [0.25, 0.3) is 0 Å². The number of benzene rings is 2. The predicted octanol–water partition coefficient (Wildman–Crippen LogP) is 4.85. The molecule has 0 aliphatic heterocycles. The molecule has 0 atom stereocenters. The van der Waals surface area contributed by atoms with E-state index in [1.807, 2.05) is 19.1 Å². The van der Waals surface area contributed by atoms with Crippen LogP contribution in [0.4, 0.5) is 0 Å². The second-order valence-electron chi connectivity index (χ2n) is 5.00. The van der Waals surface area contributed by atoms with Crippen LogP contribution in [-0.2, 0) is 16.0 Å². The van der Waals surface area contributed by atoms with Crippen LogP contribution in [-0.4, -0.2) is 11.9 Å². The summed E-state index contributed by atoms with van der Waals surface area (Å²) >= 11 is 11.8. The van der Waals surface area contributed by atoms with Crippen molar-refractivity contribution in [3.05, 3.63) is 58.1 Å². The molecule has 24 heavy (non-hydrogen) atoms. The quantitative estimate of drug-likeness (QED) is 0.541. The maximum absolute atomic E-state index is 11.8. The van der Waals surface area contributed by atoms with E-state index in [0.717, 1.165) is 12.0 Å². The van der Waals surface area contributed by atoms with Gasteiger partial charge in [0.2, 0.25) is 0 Å². The maximum Gasteiger partial charge on any atom is 0.311 e. The summed E-state index contributed by atoms with van der Waals surface area (Å²) in [7, 11) is 0. The van der Waals surface area contributed by atoms with Gasteiger partial charge in [0.1, 0.15) is 10.8 Å². The van der Waals surface area contributed by atoms with Gasteiger partial charge in [0, 0.05) is 0 Å². The highest BCUT2D eigenvalue weighted by Gasteiger charge is 2.13. The summed E-state index contributed by atoms with van der Waals surface area (Å²) in [5.41, 5.74) is 1.07. The van der Waals surface area contributed by atoms with Gasteiger partial charge in [-0.25, -0.2) is 0 Å². The smallest absolute Gasteiger partial charge is 0.311 e. The van der Waals surface area contributed by atoms with E-state index in [0.29, 0.717) is 5.75 Å². The Balaban J connectivity index is 1.84. The van der Waals surface area contributed by atoms with Gasteiger partial charge in [-0.2, -0.15) is 0 Å². The second kappa shape index (κ2) is 8.71. The van der Waals surface area contributed by atoms with Crippen LogP contribution in [0.1, 0.15) is 25.3 Å². The minimum atomic E-state index is -0.585. The van der Waals surface area contributed by atoms with E-state index in [4.69, 9.17) is 32.7 Å². The Bertz CT molecular complexity index is 744. The third kappa shape index (κ3) is 5.25. The average Bonchev–Trinajstić information content (AvgIpc) is 2.57. The fourth-order valence-electron chi connectivity index (χ4n) is 1.95. The number of hydrogen-bond acceptors (Lipinski definition) is 4. The third-order valence-electron chi connectivity index (χ3n) is 3.21. The zero-order valence-corrected chi connectivity index (χ0v) is 14.6. The monoisotopic (exact) mass is 366 g/mol. The van der Waals surface area contributed by atoms with Gasteiger partial charge < -0.3 is 9.47 Å². The van der Waals surface area contributed by atoms with E-state index in [1.54, 1.807) is 24.3 Å². The Hall–Kier alpha value is -2.04. The van der Waals surface area contributed by atoms with E-state index in [1.165, 1.54) is 6.07 Å². The number of esters is 2. The molecule has 0 saturated heterocycles. The summed E-state index contributed by atoms with van der Waals surface area (Å²) in [4.78, 5) is 23.6. The van der Waals surface area contributed by atoms with Crippen LogP contribution in [0.3, 0.4) is 0 Å². The molecule has 0 aromatic heterocycles. The van der Waals surface area contributed by atoms with Crippen LogP contribution in [0, 0.1) is 0 Å². The van der Waals surface area contributed by atoms with Crippen molar-refractivity contribution in [2.24, 2.45) is 0 Å². The van der Waals surface area contributed by atoms with E-state index in [2.05, 4.69) is 0 Å². The van der Waals surface area contributed by atoms with Crippen molar-refractivity contribution in [2.45, 2.75) is 26.2 Å². The summed E-state index contributed by atoms with van der Waals surface area (Å²) in [6.07, 6.45) is 0.640. The molecule has 0 unspecified atom stereocenters. The number of aryl methyl sites for hydroxylation is 1. The molecular weight excluding hydrogens is 351 g/mol. The Kier molecular flexibility index (Phi) is 6.64. The predicted molar refractivity (Wildman–Crippen MR) is 92.8 cm³/mol. The van der Waals surface area contributed by atoms with Crippen LogP contribution in [0.2, 0.25) is 10.0 Å². The van der Waals surface area contributed by atoms with Crippen molar-refractivity contribution < 1.29 is 19.1 Å². The van der Waals surface area contributed by atoms with Gasteiger partial charge in [-0.15, -0.1) is 0 Å². The molecule has 0 heterocycles. The maximum atomic E-state index is 11.8. The fraction of sp³-hybridized carbons (Fsp3) is 0.222. The van der Waals surface area contributed by atoms with Crippen LogP contribution >= 0.6 is 23.2 Å². The van der Waals surface area contributed by atoms with Crippen LogP contribution in [0.5, 0.6) is 11.5 Å². The lowest BCUT2D eigenvalue weighted by Crippen LogP contribution is -2.14. The van der Waals surface area contributed by atoms with Gasteiger partial charge >= 0.3 is 11.9 Å². The molecule has 0 aliphatic carbocycles. The van der Waals surface area contributed by atoms with E-state index in [9.17, 15) is 9.59 Å². The number of carbonyl (C=O) groups is 2. The summed E-state index contributed by atoms with van der Waals surface area (Å²) < 4.78 is 10.3. The zero-order chi connectivity index (χ0) is 17.5. The standard InChI is InChI=1S/C18H16Cl2O4/c1-2-12-5-3-6-13(11-12)23-16(21)9-10-17(22)24-15-8-4-7-14(19)18(15)20/h3-8,11H,2,9-10H2,1H3. The average molecular weight is 367 g/mol. The lowest BCUT2D eigenvalue weighted by Gasteiger charge is -2.08. The molecule has 0 fully saturated rings. The first-order chi connectivity index (χ1) is 11.5. The number of ether oxygens (including phenoxy) is 2. The van der Waals surface area contributed by atoms with Gasteiger partial charge in [-0.1, -0.05) is 48.3 Å². The van der Waals surface area contributed by atoms with Crippen LogP contribution in [0.15, 0.2) is 42.5 Å². The third-order valence-corrected chi connectivity index (χ3v) is 4.01. The number of halogens is 2. The van der Waals surface area contributed by atoms with Gasteiger partial charge in [0.15, 0.2) is 5.75 Å². The van der Waals surface area contributed by atoms with E-state index < -0.39 is 11.9 Å². The van der Waals surface area contributed by atoms with E-state index in [-0.39, 0.29) is 28.6 Å². The Labute approximate surface area is 150 Å². The summed E-state index contributed by atoms with van der Waals surface area (Å²) in [6.45, 7) is 2.01. The number of carbonyl (C=O) groups excluding carboxylic acids is 2. The minimum Gasteiger partial charge on any atom is -0.427 e. The highest BCUT2D eigenvalue weighted by molar-refractivity contribution is 6.43. The van der Waals surface area contributed by atoms with Gasteiger partial charge in [-0.3, -0.25) is 9.59 Å². The lowest BCUT2D eigenvalue weighted by atomic mass is 10.2. The van der Waals surface area contributed by atoms with Crippen molar-refractivity contribution >= 4 is 35.1 Å². The minimum absolute atomic E-state index is 0.0899. The first kappa shape index (κ1) is 18.3. The van der Waals surface area contributed by atoms with Crippen molar-refractivity contribution in [3.63, 3.8) is 0 Å². The van der Waals surface area contributed by atoms with Gasteiger partial charge in [0.05, 0.1) is 17.9 Å². The van der Waals surface area contributed by atoms with Crippen molar-refractivity contribution in [2.75, 3.05) is 0 Å². The second-order valence-corrected chi connectivity index (χ2v) is 5.79. The summed E-state index contributed by atoms with van der Waals surface area (Å²) in [5, 5.41) is 0.448. The zero-order valence-electron chi connectivity index (χ0n) is 13.1. The molecular formula is C18H16Cl2O4. The van der Waals surface area contributed by atoms with Gasteiger partial charge in [-0.05, 0) is 36.2 Å². The molecule has 126 valence electrons. The molecule has 2 rings (SSSR count). The molecule has 4 nitrogen and oxygen atoms in total. The molecule has 0 saturated carbocycles. The Morgan fingerprint density at radius 2 is 1.62 bits per heavy atom. The highest BCUT2D eigenvalue weighted by atomic mass is 35.5. The molecule has 2 aromatic rings. The van der Waals surface area contributed by atoms with Crippen LogP contribution < -0.4 is 9.47 Å². The summed E-state index contributed by atoms with van der Waals surface area (Å²) in [6, 6.07) is 12.0. The first-order valence-corrected chi connectivity index (χ1v) is 8.19. The van der Waals surface area contributed by atoms with Gasteiger partial charge in [0.25, 0.3) is 0 Å². The number of hydrogen-bond donors (Lipinski definition) is 0. The van der Waals surface area contributed by atoms with Crippen molar-refractivity contribution in [1.29, 1.82) is 0 Å². The fourth-order valence-corrected chi connectivity index (χ4v) is 2.28. The molecule has 0 aliphatic rings. The number of rotatable bonds is 6. The molecule has 0 N–H and O–H groups in total. The van der Waals surface area contributed by atoms with E-state index >= 15 is 0 Å². The molecule has 0 radical (unpaired) electrons. The Morgan fingerprint density at radius 1 is 0.958 bits per heavy atom. The van der Waals surface area contributed by atoms with Crippen molar-refractivity contribution in [1.82, 2.24) is 0 Å². The molecule has 0 spiro atoms. The topological polar surface area (TPSA) is 52.6 Å². The molecule has 0 bridgehead atoms. The normalized spacial score (nSPS) is 10.3. The molecule has 0 amide bonds. The SMILES string of the molecule is CCc1cccc(OC(=O)CCC(=O)Oc2cccc(Cl)c2Cl)c1. The lowest BCUT2D eigenvalue weighted by molar-refractivity contribution is -0.140. The highest BCUT2D eigenvalue weighted by Crippen LogP contribution is 2.31. The Morgan fingerprint density at radius 3 is 2.33 bits per heavy atom.